The molecular formula is C16H21NO3S. The van der Waals surface area contributed by atoms with E-state index >= 15 is 0 Å². The van der Waals surface area contributed by atoms with Crippen molar-refractivity contribution in [3.8, 4) is 0 Å². The van der Waals surface area contributed by atoms with E-state index in [0.29, 0.717) is 29.2 Å². The molecule has 0 N–H and O–H groups in total. The van der Waals surface area contributed by atoms with E-state index in [2.05, 4.69) is 6.92 Å². The lowest BCUT2D eigenvalue weighted by Gasteiger charge is -2.07. The second-order valence-electron chi connectivity index (χ2n) is 5.25. The van der Waals surface area contributed by atoms with Gasteiger partial charge in [-0.2, -0.15) is 0 Å². The van der Waals surface area contributed by atoms with Crippen molar-refractivity contribution in [2.24, 2.45) is 0 Å². The van der Waals surface area contributed by atoms with Gasteiger partial charge >= 0.3 is 0 Å². The number of para-hydroxylation sites is 1. The fourth-order valence-electron chi connectivity index (χ4n) is 2.49. The Bertz CT molecular complexity index is 716. The van der Waals surface area contributed by atoms with Crippen LogP contribution in [0.2, 0.25) is 0 Å². The molecule has 114 valence electrons. The van der Waals surface area contributed by atoms with Crippen molar-refractivity contribution in [3.63, 3.8) is 0 Å². The van der Waals surface area contributed by atoms with E-state index in [-0.39, 0.29) is 5.75 Å². The topological polar surface area (TPSA) is 56.1 Å². The molecule has 5 heteroatoms. The Morgan fingerprint density at radius 1 is 1.10 bits per heavy atom. The van der Waals surface area contributed by atoms with Crippen LogP contribution < -0.4 is 0 Å². The molecule has 0 spiro atoms. The lowest BCUT2D eigenvalue weighted by atomic mass is 10.2. The average Bonchev–Trinajstić information content (AvgIpc) is 2.86. The highest BCUT2D eigenvalue weighted by Crippen LogP contribution is 2.22. The SMILES string of the molecule is CCCCCCCS(=O)(=O)n1cc(C=O)c2ccccc21. The summed E-state index contributed by atoms with van der Waals surface area (Å²) >= 11 is 0. The first-order valence-corrected chi connectivity index (χ1v) is 8.99. The van der Waals surface area contributed by atoms with Crippen LogP contribution in [0.15, 0.2) is 30.5 Å². The minimum absolute atomic E-state index is 0.119. The molecule has 0 fully saturated rings. The highest BCUT2D eigenvalue weighted by molar-refractivity contribution is 7.90. The Balaban J connectivity index is 2.22. The standard InChI is InChI=1S/C16H21NO3S/c1-2-3-4-5-8-11-21(19,20)17-12-14(13-18)15-9-6-7-10-16(15)17/h6-7,9-10,12-13H,2-5,8,11H2,1H3. The molecule has 0 saturated heterocycles. The molecule has 21 heavy (non-hydrogen) atoms. The Morgan fingerprint density at radius 2 is 1.81 bits per heavy atom. The summed E-state index contributed by atoms with van der Waals surface area (Å²) in [5.41, 5.74) is 0.994. The molecule has 0 radical (unpaired) electrons. The van der Waals surface area contributed by atoms with Crippen LogP contribution in [0.5, 0.6) is 0 Å². The molecular weight excluding hydrogens is 286 g/mol. The van der Waals surface area contributed by atoms with Crippen molar-refractivity contribution in [2.45, 2.75) is 39.0 Å². The van der Waals surface area contributed by atoms with E-state index in [0.717, 1.165) is 25.7 Å². The quantitative estimate of drug-likeness (QED) is 0.553. The number of benzene rings is 1. The van der Waals surface area contributed by atoms with Crippen molar-refractivity contribution in [2.75, 3.05) is 5.75 Å². The van der Waals surface area contributed by atoms with Crippen LogP contribution in [0.1, 0.15) is 49.4 Å². The van der Waals surface area contributed by atoms with Crippen molar-refractivity contribution in [1.29, 1.82) is 0 Å². The summed E-state index contributed by atoms with van der Waals surface area (Å²) in [6.45, 7) is 2.13. The van der Waals surface area contributed by atoms with Gasteiger partial charge in [0.2, 0.25) is 10.0 Å². The van der Waals surface area contributed by atoms with Gasteiger partial charge in [-0.1, -0.05) is 50.8 Å². The number of carbonyl (C=O) groups excluding carboxylic acids is 1. The van der Waals surface area contributed by atoms with E-state index in [1.807, 2.05) is 0 Å². The lowest BCUT2D eigenvalue weighted by Crippen LogP contribution is -2.15. The van der Waals surface area contributed by atoms with E-state index < -0.39 is 10.0 Å². The van der Waals surface area contributed by atoms with Gasteiger partial charge in [0.05, 0.1) is 11.3 Å². The van der Waals surface area contributed by atoms with Crippen molar-refractivity contribution in [1.82, 2.24) is 3.97 Å². The van der Waals surface area contributed by atoms with Gasteiger partial charge in [-0.3, -0.25) is 4.79 Å². The van der Waals surface area contributed by atoms with Crippen LogP contribution >= 0.6 is 0 Å². The molecule has 0 amide bonds. The predicted molar refractivity (Wildman–Crippen MR) is 85.3 cm³/mol. The van der Waals surface area contributed by atoms with Crippen molar-refractivity contribution in [3.05, 3.63) is 36.0 Å². The highest BCUT2D eigenvalue weighted by atomic mass is 32.2. The first kappa shape index (κ1) is 15.8. The second kappa shape index (κ2) is 6.89. The maximum Gasteiger partial charge on any atom is 0.239 e. The van der Waals surface area contributed by atoms with Gasteiger partial charge in [-0.15, -0.1) is 0 Å². The third-order valence-corrected chi connectivity index (χ3v) is 5.35. The molecule has 2 aromatic rings. The largest absolute Gasteiger partial charge is 0.298 e. The normalized spacial score (nSPS) is 11.9. The summed E-state index contributed by atoms with van der Waals surface area (Å²) in [7, 11) is -3.41. The number of unbranched alkanes of at least 4 members (excludes halogenated alkanes) is 4. The fraction of sp³-hybridized carbons (Fsp3) is 0.438. The zero-order valence-corrected chi connectivity index (χ0v) is 13.1. The first-order valence-electron chi connectivity index (χ1n) is 7.38. The van der Waals surface area contributed by atoms with E-state index in [9.17, 15) is 13.2 Å². The maximum atomic E-state index is 12.5. The van der Waals surface area contributed by atoms with Gasteiger partial charge in [0.1, 0.15) is 0 Å². The van der Waals surface area contributed by atoms with Gasteiger partial charge in [-0.05, 0) is 12.5 Å². The molecule has 0 saturated carbocycles. The molecule has 0 atom stereocenters. The first-order chi connectivity index (χ1) is 10.1. The zero-order chi connectivity index (χ0) is 15.3. The Kier molecular flexibility index (Phi) is 5.17. The molecule has 2 rings (SSSR count). The average molecular weight is 307 g/mol. The van der Waals surface area contributed by atoms with Gasteiger partial charge in [0.25, 0.3) is 0 Å². The molecule has 0 bridgehead atoms. The number of rotatable bonds is 8. The number of aromatic nitrogens is 1. The zero-order valence-electron chi connectivity index (χ0n) is 12.3. The van der Waals surface area contributed by atoms with Crippen LogP contribution in [0, 0.1) is 0 Å². The summed E-state index contributed by atoms with van der Waals surface area (Å²) in [5, 5.41) is 0.682. The van der Waals surface area contributed by atoms with Gasteiger partial charge < -0.3 is 0 Å². The third kappa shape index (κ3) is 3.53. The summed E-state index contributed by atoms with van der Waals surface area (Å²) in [4.78, 5) is 11.1. The van der Waals surface area contributed by atoms with Gasteiger partial charge in [0.15, 0.2) is 6.29 Å². The minimum Gasteiger partial charge on any atom is -0.298 e. The van der Waals surface area contributed by atoms with E-state index in [4.69, 9.17) is 0 Å². The number of carbonyl (C=O) groups is 1. The van der Waals surface area contributed by atoms with Crippen LogP contribution in [-0.4, -0.2) is 24.4 Å². The van der Waals surface area contributed by atoms with E-state index in [1.165, 1.54) is 10.2 Å². The van der Waals surface area contributed by atoms with Gasteiger partial charge in [-0.25, -0.2) is 12.4 Å². The maximum absolute atomic E-state index is 12.5. The summed E-state index contributed by atoms with van der Waals surface area (Å²) < 4.78 is 26.2. The molecule has 0 aliphatic carbocycles. The Hall–Kier alpha value is -1.62. The van der Waals surface area contributed by atoms with Crippen molar-refractivity contribution >= 4 is 27.2 Å². The molecule has 1 aromatic carbocycles. The van der Waals surface area contributed by atoms with E-state index in [1.54, 1.807) is 24.3 Å². The molecule has 1 heterocycles. The fourth-order valence-corrected chi connectivity index (χ4v) is 3.98. The van der Waals surface area contributed by atoms with Crippen LogP contribution in [0.3, 0.4) is 0 Å². The number of hydrogen-bond donors (Lipinski definition) is 0. The lowest BCUT2D eigenvalue weighted by molar-refractivity contribution is 0.112. The molecule has 0 aliphatic heterocycles. The van der Waals surface area contributed by atoms with Crippen LogP contribution in [-0.2, 0) is 10.0 Å². The Labute approximate surface area is 125 Å². The number of nitrogens with zero attached hydrogens (tertiary/aromatic N) is 1. The predicted octanol–water partition coefficient (Wildman–Crippen LogP) is 3.60. The Morgan fingerprint density at radius 3 is 2.52 bits per heavy atom. The van der Waals surface area contributed by atoms with Crippen LogP contribution in [0.4, 0.5) is 0 Å². The molecule has 1 aromatic heterocycles. The summed E-state index contributed by atoms with van der Waals surface area (Å²) in [6, 6.07) is 7.09. The molecule has 0 aliphatic rings. The smallest absolute Gasteiger partial charge is 0.239 e. The van der Waals surface area contributed by atoms with Crippen molar-refractivity contribution < 1.29 is 13.2 Å². The molecule has 0 unspecified atom stereocenters. The van der Waals surface area contributed by atoms with Gasteiger partial charge in [0, 0.05) is 17.1 Å². The minimum atomic E-state index is -3.41. The number of hydrogen-bond acceptors (Lipinski definition) is 3. The highest BCUT2D eigenvalue weighted by Gasteiger charge is 2.18. The number of fused-ring (bicyclic) bond motifs is 1. The monoisotopic (exact) mass is 307 g/mol. The second-order valence-corrected chi connectivity index (χ2v) is 7.21. The van der Waals surface area contributed by atoms with Crippen LogP contribution in [0.25, 0.3) is 10.9 Å². The summed E-state index contributed by atoms with van der Waals surface area (Å²) in [6.07, 6.45) is 7.06. The summed E-state index contributed by atoms with van der Waals surface area (Å²) in [5.74, 6) is 0.119. The molecule has 4 nitrogen and oxygen atoms in total. The third-order valence-electron chi connectivity index (χ3n) is 3.64. The number of aldehydes is 1.